The molecule has 3 heteroatoms. The molecule has 1 saturated carbocycles. The number of nitrogens with zero attached hydrogens (tertiary/aromatic N) is 1. The second-order valence-corrected chi connectivity index (χ2v) is 6.92. The standard InChI is InChI=1S/C20H30N2.ClH/c1-2-6-12-17(11-5-1)20(18-13-7-3-8-14-18)22-19-15-9-4-10-16-21-19;/h3,7-8,13-14,17,20H,1-2,4-6,9-12,15-16H2,(H,21,22);1H. The van der Waals surface area contributed by atoms with Crippen LogP contribution in [0.2, 0.25) is 0 Å². The number of halogens is 1. The molecule has 0 radical (unpaired) electrons. The summed E-state index contributed by atoms with van der Waals surface area (Å²) in [5, 5.41) is 3.86. The molecule has 1 unspecified atom stereocenters. The Bertz CT molecular complexity index is 464. The molecule has 1 aromatic rings. The van der Waals surface area contributed by atoms with Crippen molar-refractivity contribution < 1.29 is 0 Å². The first-order valence-corrected chi connectivity index (χ1v) is 9.28. The second kappa shape index (κ2) is 9.97. The van der Waals surface area contributed by atoms with Crippen LogP contribution in [0.3, 0.4) is 0 Å². The average Bonchev–Trinajstić information content (AvgIpc) is 2.98. The molecule has 0 saturated heterocycles. The predicted molar refractivity (Wildman–Crippen MR) is 102 cm³/mol. The van der Waals surface area contributed by atoms with Gasteiger partial charge in [-0.05, 0) is 37.2 Å². The lowest BCUT2D eigenvalue weighted by Gasteiger charge is -2.29. The van der Waals surface area contributed by atoms with Crippen LogP contribution in [0.4, 0.5) is 0 Å². The van der Waals surface area contributed by atoms with Crippen LogP contribution in [-0.4, -0.2) is 12.4 Å². The van der Waals surface area contributed by atoms with Crippen molar-refractivity contribution in [2.75, 3.05) is 6.54 Å². The van der Waals surface area contributed by atoms with Gasteiger partial charge in [0.2, 0.25) is 0 Å². The summed E-state index contributed by atoms with van der Waals surface area (Å²) in [7, 11) is 0. The highest BCUT2D eigenvalue weighted by molar-refractivity contribution is 5.85. The molecule has 128 valence electrons. The van der Waals surface area contributed by atoms with Gasteiger partial charge in [-0.15, -0.1) is 12.4 Å². The van der Waals surface area contributed by atoms with E-state index in [4.69, 9.17) is 4.99 Å². The zero-order valence-corrected chi connectivity index (χ0v) is 15.0. The Morgan fingerprint density at radius 1 is 0.870 bits per heavy atom. The number of amidine groups is 1. The van der Waals surface area contributed by atoms with Gasteiger partial charge in [-0.2, -0.15) is 0 Å². The van der Waals surface area contributed by atoms with Gasteiger partial charge < -0.3 is 5.32 Å². The van der Waals surface area contributed by atoms with Crippen LogP contribution in [0, 0.1) is 5.92 Å². The Balaban J connectivity index is 0.00000192. The number of nitrogens with one attached hydrogen (secondary N) is 1. The quantitative estimate of drug-likeness (QED) is 0.706. The molecule has 0 amide bonds. The third-order valence-corrected chi connectivity index (χ3v) is 5.23. The van der Waals surface area contributed by atoms with Crippen molar-refractivity contribution in [2.24, 2.45) is 10.9 Å². The fraction of sp³-hybridized carbons (Fsp3) is 0.650. The van der Waals surface area contributed by atoms with E-state index in [1.165, 1.54) is 69.2 Å². The average molecular weight is 335 g/mol. The Morgan fingerprint density at radius 2 is 1.57 bits per heavy atom. The van der Waals surface area contributed by atoms with Crippen molar-refractivity contribution in [3.8, 4) is 0 Å². The molecular formula is C20H31ClN2. The van der Waals surface area contributed by atoms with Crippen molar-refractivity contribution in [3.05, 3.63) is 35.9 Å². The van der Waals surface area contributed by atoms with Gasteiger partial charge in [-0.1, -0.05) is 62.4 Å². The Kier molecular flexibility index (Phi) is 7.94. The molecule has 3 rings (SSSR count). The minimum Gasteiger partial charge on any atom is -0.367 e. The highest BCUT2D eigenvalue weighted by Gasteiger charge is 2.25. The van der Waals surface area contributed by atoms with Crippen LogP contribution in [0.25, 0.3) is 0 Å². The monoisotopic (exact) mass is 334 g/mol. The highest BCUT2D eigenvalue weighted by atomic mass is 35.5. The van der Waals surface area contributed by atoms with E-state index >= 15 is 0 Å². The molecule has 0 spiro atoms. The van der Waals surface area contributed by atoms with Gasteiger partial charge in [0, 0.05) is 13.0 Å². The first-order chi connectivity index (χ1) is 10.9. The van der Waals surface area contributed by atoms with Crippen molar-refractivity contribution in [1.29, 1.82) is 0 Å². The Labute approximate surface area is 147 Å². The summed E-state index contributed by atoms with van der Waals surface area (Å²) in [5.41, 5.74) is 1.45. The molecule has 0 bridgehead atoms. The zero-order chi connectivity index (χ0) is 15.0. The van der Waals surface area contributed by atoms with Crippen LogP contribution >= 0.6 is 12.4 Å². The van der Waals surface area contributed by atoms with Crippen molar-refractivity contribution >= 4 is 18.2 Å². The lowest BCUT2D eigenvalue weighted by molar-refractivity contribution is 0.356. The van der Waals surface area contributed by atoms with Crippen molar-refractivity contribution in [1.82, 2.24) is 5.32 Å². The molecular weight excluding hydrogens is 304 g/mol. The third kappa shape index (κ3) is 5.53. The molecule has 1 aliphatic carbocycles. The summed E-state index contributed by atoms with van der Waals surface area (Å²) in [6.07, 6.45) is 13.3. The van der Waals surface area contributed by atoms with E-state index in [0.29, 0.717) is 6.04 Å². The number of hydrogen-bond acceptors (Lipinski definition) is 2. The second-order valence-electron chi connectivity index (χ2n) is 6.92. The van der Waals surface area contributed by atoms with E-state index < -0.39 is 0 Å². The highest BCUT2D eigenvalue weighted by Crippen LogP contribution is 2.33. The SMILES string of the molecule is Cl.c1ccc(C(NC2=NCCCCC2)C2CCCCCC2)cc1. The van der Waals surface area contributed by atoms with E-state index in [1.807, 2.05) is 0 Å². The van der Waals surface area contributed by atoms with Gasteiger partial charge in [-0.25, -0.2) is 0 Å². The number of aliphatic imine (C=N–C) groups is 1. The number of hydrogen-bond donors (Lipinski definition) is 1. The fourth-order valence-corrected chi connectivity index (χ4v) is 3.95. The van der Waals surface area contributed by atoms with Crippen LogP contribution in [0.1, 0.15) is 75.8 Å². The zero-order valence-electron chi connectivity index (χ0n) is 14.2. The number of rotatable bonds is 3. The van der Waals surface area contributed by atoms with E-state index in [9.17, 15) is 0 Å². The van der Waals surface area contributed by atoms with Gasteiger partial charge in [0.15, 0.2) is 0 Å². The molecule has 2 nitrogen and oxygen atoms in total. The van der Waals surface area contributed by atoms with Crippen LogP contribution in [-0.2, 0) is 0 Å². The molecule has 23 heavy (non-hydrogen) atoms. The molecule has 1 N–H and O–H groups in total. The Morgan fingerprint density at radius 3 is 2.30 bits per heavy atom. The van der Waals surface area contributed by atoms with Crippen LogP contribution in [0.5, 0.6) is 0 Å². The Hall–Kier alpha value is -1.02. The maximum atomic E-state index is 4.81. The van der Waals surface area contributed by atoms with E-state index in [1.54, 1.807) is 0 Å². The van der Waals surface area contributed by atoms with Crippen molar-refractivity contribution in [2.45, 2.75) is 70.3 Å². The lowest BCUT2D eigenvalue weighted by Crippen LogP contribution is -2.33. The first kappa shape index (κ1) is 18.3. The molecule has 1 aromatic carbocycles. The summed E-state index contributed by atoms with van der Waals surface area (Å²) in [6, 6.07) is 11.5. The van der Waals surface area contributed by atoms with Gasteiger partial charge in [0.05, 0.1) is 11.9 Å². The smallest absolute Gasteiger partial charge is 0.0967 e. The normalized spacial score (nSPS) is 21.3. The van der Waals surface area contributed by atoms with Crippen LogP contribution in [0.15, 0.2) is 35.3 Å². The maximum Gasteiger partial charge on any atom is 0.0967 e. The molecule has 2 aliphatic rings. The van der Waals surface area contributed by atoms with Crippen LogP contribution < -0.4 is 5.32 Å². The lowest BCUT2D eigenvalue weighted by atomic mass is 9.87. The summed E-state index contributed by atoms with van der Waals surface area (Å²) >= 11 is 0. The van der Waals surface area contributed by atoms with Gasteiger partial charge in [0.1, 0.15) is 0 Å². The minimum atomic E-state index is 0. The largest absolute Gasteiger partial charge is 0.367 e. The van der Waals surface area contributed by atoms with Gasteiger partial charge in [-0.3, -0.25) is 4.99 Å². The predicted octanol–water partition coefficient (Wildman–Crippen LogP) is 5.68. The molecule has 0 aromatic heterocycles. The van der Waals surface area contributed by atoms with E-state index in [0.717, 1.165) is 18.9 Å². The summed E-state index contributed by atoms with van der Waals surface area (Å²) in [6.45, 7) is 1.01. The molecule has 1 heterocycles. The minimum absolute atomic E-state index is 0. The topological polar surface area (TPSA) is 24.4 Å². The molecule has 1 aliphatic heterocycles. The molecule has 1 fully saturated rings. The fourth-order valence-electron chi connectivity index (χ4n) is 3.95. The first-order valence-electron chi connectivity index (χ1n) is 9.28. The van der Waals surface area contributed by atoms with Gasteiger partial charge >= 0.3 is 0 Å². The van der Waals surface area contributed by atoms with E-state index in [2.05, 4.69) is 35.6 Å². The van der Waals surface area contributed by atoms with Gasteiger partial charge in [0.25, 0.3) is 0 Å². The number of benzene rings is 1. The summed E-state index contributed by atoms with van der Waals surface area (Å²) in [4.78, 5) is 4.81. The van der Waals surface area contributed by atoms with Crippen molar-refractivity contribution in [3.63, 3.8) is 0 Å². The summed E-state index contributed by atoms with van der Waals surface area (Å²) < 4.78 is 0. The third-order valence-electron chi connectivity index (χ3n) is 5.23. The molecule has 1 atom stereocenters. The maximum absolute atomic E-state index is 4.81. The summed E-state index contributed by atoms with van der Waals surface area (Å²) in [5.74, 6) is 2.02. The van der Waals surface area contributed by atoms with E-state index in [-0.39, 0.29) is 12.4 Å².